The Balaban J connectivity index is 1.43. The van der Waals surface area contributed by atoms with Gasteiger partial charge in [-0.1, -0.05) is 12.8 Å². The van der Waals surface area contributed by atoms with Gasteiger partial charge in [0.15, 0.2) is 0 Å². The molecule has 1 aromatic heterocycles. The number of nitrogens with one attached hydrogen (secondary N) is 1. The number of hydrogen-bond donors (Lipinski definition) is 1. The molecule has 1 aromatic carbocycles. The van der Waals surface area contributed by atoms with Gasteiger partial charge < -0.3 is 24.8 Å². The first-order valence-electron chi connectivity index (χ1n) is 14.2. The van der Waals surface area contributed by atoms with Crippen molar-refractivity contribution >= 4 is 40.6 Å². The van der Waals surface area contributed by atoms with Crippen LogP contribution in [0.4, 0.5) is 16.2 Å². The molecule has 3 aliphatic rings. The van der Waals surface area contributed by atoms with Crippen molar-refractivity contribution in [3.05, 3.63) is 46.2 Å². The highest BCUT2D eigenvalue weighted by Crippen LogP contribution is 2.35. The molecule has 2 aromatic rings. The van der Waals surface area contributed by atoms with Crippen molar-refractivity contribution in [2.45, 2.75) is 70.9 Å². The Bertz CT molecular complexity index is 1180. The molecule has 39 heavy (non-hydrogen) atoms. The lowest BCUT2D eigenvalue weighted by Crippen LogP contribution is -2.53. The number of rotatable bonds is 5. The maximum absolute atomic E-state index is 14.3. The molecule has 3 heterocycles. The number of nitrogens with zero attached hydrogens (tertiary/aromatic N) is 3. The number of carbonyl (C=O) groups is 3. The molecule has 1 unspecified atom stereocenters. The molecule has 1 N–H and O–H groups in total. The number of benzene rings is 1. The van der Waals surface area contributed by atoms with Gasteiger partial charge in [0.2, 0.25) is 5.91 Å². The lowest BCUT2D eigenvalue weighted by Gasteiger charge is -2.42. The molecule has 5 rings (SSSR count). The number of anilines is 2. The zero-order valence-corrected chi connectivity index (χ0v) is 24.1. The summed E-state index contributed by atoms with van der Waals surface area (Å²) in [5.74, 6) is 0.126. The molecule has 1 saturated carbocycles. The summed E-state index contributed by atoms with van der Waals surface area (Å²) in [5.41, 5.74) is 2.71. The normalized spacial score (nSPS) is 20.4. The first-order chi connectivity index (χ1) is 18.7. The maximum Gasteiger partial charge on any atom is 0.410 e. The molecular formula is C30H40N4O4S. The van der Waals surface area contributed by atoms with Crippen LogP contribution in [0.5, 0.6) is 0 Å². The SMILES string of the molecule is CC(C)(C)OC(=O)N1CCN(C(=O)c2ccc(NC(=O)C3CC3)cc2N2CCCCCC2)C(c2ccsc2)C1. The second-order valence-corrected chi connectivity index (χ2v) is 12.7. The van der Waals surface area contributed by atoms with Crippen LogP contribution >= 0.6 is 11.3 Å². The molecular weight excluding hydrogens is 512 g/mol. The topological polar surface area (TPSA) is 82.2 Å². The fourth-order valence-corrected chi connectivity index (χ4v) is 6.08. The van der Waals surface area contributed by atoms with Crippen LogP contribution in [0.1, 0.15) is 81.3 Å². The number of amides is 3. The van der Waals surface area contributed by atoms with Crippen LogP contribution in [0.2, 0.25) is 0 Å². The third kappa shape index (κ3) is 6.75. The van der Waals surface area contributed by atoms with E-state index in [1.54, 1.807) is 16.2 Å². The van der Waals surface area contributed by atoms with Gasteiger partial charge in [-0.25, -0.2) is 4.79 Å². The van der Waals surface area contributed by atoms with Gasteiger partial charge in [0.25, 0.3) is 5.91 Å². The zero-order valence-electron chi connectivity index (χ0n) is 23.3. The molecule has 0 spiro atoms. The first kappa shape index (κ1) is 27.5. The Morgan fingerprint density at radius 2 is 1.72 bits per heavy atom. The molecule has 3 fully saturated rings. The molecule has 210 valence electrons. The minimum absolute atomic E-state index is 0.0469. The predicted octanol–water partition coefficient (Wildman–Crippen LogP) is 5.91. The summed E-state index contributed by atoms with van der Waals surface area (Å²) in [6, 6.07) is 7.47. The smallest absolute Gasteiger partial charge is 0.410 e. The summed E-state index contributed by atoms with van der Waals surface area (Å²) in [4.78, 5) is 45.6. The number of thiophene rings is 1. The average Bonchev–Trinajstić information content (AvgIpc) is 3.68. The van der Waals surface area contributed by atoms with Crippen molar-refractivity contribution < 1.29 is 19.1 Å². The standard InChI is InChI=1S/C30H40N4O4S/c1-30(2,3)38-29(37)33-15-16-34(26(19-33)22-12-17-39-20-22)28(36)24-11-10-23(31-27(35)21-8-9-21)18-25(24)32-13-6-4-5-7-14-32/h10-12,17-18,20-21,26H,4-9,13-16,19H2,1-3H3,(H,31,35). The maximum atomic E-state index is 14.3. The van der Waals surface area contributed by atoms with E-state index >= 15 is 0 Å². The van der Waals surface area contributed by atoms with Crippen LogP contribution in [-0.2, 0) is 9.53 Å². The zero-order chi connectivity index (χ0) is 27.6. The van der Waals surface area contributed by atoms with Gasteiger partial charge in [0.05, 0.1) is 17.3 Å². The van der Waals surface area contributed by atoms with Crippen molar-refractivity contribution in [1.29, 1.82) is 0 Å². The highest BCUT2D eigenvalue weighted by atomic mass is 32.1. The lowest BCUT2D eigenvalue weighted by atomic mass is 10.0. The molecule has 3 amide bonds. The molecule has 2 aliphatic heterocycles. The average molecular weight is 553 g/mol. The van der Waals surface area contributed by atoms with Crippen molar-refractivity contribution in [3.63, 3.8) is 0 Å². The molecule has 8 nitrogen and oxygen atoms in total. The molecule has 1 aliphatic carbocycles. The predicted molar refractivity (Wildman–Crippen MR) is 154 cm³/mol. The Morgan fingerprint density at radius 1 is 0.974 bits per heavy atom. The van der Waals surface area contributed by atoms with Gasteiger partial charge in [0, 0.05) is 44.3 Å². The quantitative estimate of drug-likeness (QED) is 0.499. The Hall–Kier alpha value is -3.07. The van der Waals surface area contributed by atoms with Gasteiger partial charge in [-0.05, 0) is 87.0 Å². The summed E-state index contributed by atoms with van der Waals surface area (Å²) in [7, 11) is 0. The van der Waals surface area contributed by atoms with Crippen molar-refractivity contribution in [1.82, 2.24) is 9.80 Å². The van der Waals surface area contributed by atoms with Crippen molar-refractivity contribution in [2.75, 3.05) is 42.9 Å². The van der Waals surface area contributed by atoms with Crippen LogP contribution in [0.3, 0.4) is 0 Å². The molecule has 1 atom stereocenters. The van der Waals surface area contributed by atoms with Crippen LogP contribution < -0.4 is 10.2 Å². The molecule has 2 saturated heterocycles. The third-order valence-electron chi connectivity index (χ3n) is 7.61. The monoisotopic (exact) mass is 552 g/mol. The number of piperazine rings is 1. The van der Waals surface area contributed by atoms with Crippen LogP contribution in [-0.4, -0.2) is 66.0 Å². The van der Waals surface area contributed by atoms with E-state index in [-0.39, 0.29) is 29.9 Å². The second-order valence-electron chi connectivity index (χ2n) is 11.9. The van der Waals surface area contributed by atoms with Crippen LogP contribution in [0.15, 0.2) is 35.0 Å². The van der Waals surface area contributed by atoms with E-state index in [0.29, 0.717) is 25.2 Å². The van der Waals surface area contributed by atoms with E-state index in [1.165, 1.54) is 12.8 Å². The van der Waals surface area contributed by atoms with Gasteiger partial charge in [-0.3, -0.25) is 9.59 Å². The largest absolute Gasteiger partial charge is 0.444 e. The van der Waals surface area contributed by atoms with E-state index < -0.39 is 5.60 Å². The second kappa shape index (κ2) is 11.6. The minimum atomic E-state index is -0.583. The molecule has 9 heteroatoms. The van der Waals surface area contributed by atoms with Crippen LogP contribution in [0, 0.1) is 5.92 Å². The fraction of sp³-hybridized carbons (Fsp3) is 0.567. The van der Waals surface area contributed by atoms with E-state index in [4.69, 9.17) is 4.74 Å². The summed E-state index contributed by atoms with van der Waals surface area (Å²) in [6.45, 7) is 8.58. The van der Waals surface area contributed by atoms with E-state index in [9.17, 15) is 14.4 Å². The van der Waals surface area contributed by atoms with Gasteiger partial charge in [0.1, 0.15) is 5.60 Å². The third-order valence-corrected chi connectivity index (χ3v) is 8.31. The number of hydrogen-bond acceptors (Lipinski definition) is 6. The van der Waals surface area contributed by atoms with E-state index in [2.05, 4.69) is 15.6 Å². The van der Waals surface area contributed by atoms with E-state index in [0.717, 1.165) is 55.7 Å². The van der Waals surface area contributed by atoms with Gasteiger partial charge in [-0.2, -0.15) is 11.3 Å². The number of carbonyl (C=O) groups excluding carboxylic acids is 3. The Labute approximate surface area is 235 Å². The number of ether oxygens (including phenoxy) is 1. The Kier molecular flexibility index (Phi) is 8.16. The molecule has 0 bridgehead atoms. The summed E-state index contributed by atoms with van der Waals surface area (Å²) in [6.07, 6.45) is 6.07. The fourth-order valence-electron chi connectivity index (χ4n) is 5.38. The van der Waals surface area contributed by atoms with E-state index in [1.807, 2.05) is 55.3 Å². The summed E-state index contributed by atoms with van der Waals surface area (Å²) >= 11 is 1.58. The highest BCUT2D eigenvalue weighted by Gasteiger charge is 2.37. The lowest BCUT2D eigenvalue weighted by molar-refractivity contribution is -0.117. The summed E-state index contributed by atoms with van der Waals surface area (Å²) in [5, 5.41) is 7.12. The van der Waals surface area contributed by atoms with Gasteiger partial charge >= 0.3 is 6.09 Å². The Morgan fingerprint density at radius 3 is 2.36 bits per heavy atom. The summed E-state index contributed by atoms with van der Waals surface area (Å²) < 4.78 is 5.64. The minimum Gasteiger partial charge on any atom is -0.444 e. The molecule has 0 radical (unpaired) electrons. The van der Waals surface area contributed by atoms with Crippen molar-refractivity contribution in [2.24, 2.45) is 5.92 Å². The van der Waals surface area contributed by atoms with Crippen molar-refractivity contribution in [3.8, 4) is 0 Å². The first-order valence-corrected chi connectivity index (χ1v) is 15.1. The highest BCUT2D eigenvalue weighted by molar-refractivity contribution is 7.08. The van der Waals surface area contributed by atoms with Gasteiger partial charge in [-0.15, -0.1) is 0 Å². The van der Waals surface area contributed by atoms with Crippen LogP contribution in [0.25, 0.3) is 0 Å².